The first-order valence-electron chi connectivity index (χ1n) is 3.00. The maximum Gasteiger partial charge on any atom is 0.341 e. The van der Waals surface area contributed by atoms with Crippen LogP contribution in [0.15, 0.2) is 12.4 Å². The van der Waals surface area contributed by atoms with E-state index < -0.39 is 18.4 Å². The molecule has 0 aromatic carbocycles. The average Bonchev–Trinajstić information content (AvgIpc) is 2.03. The van der Waals surface area contributed by atoms with Crippen molar-refractivity contribution in [2.24, 2.45) is 0 Å². The van der Waals surface area contributed by atoms with Gasteiger partial charge in [-0.3, -0.25) is 0 Å². The maximum atomic E-state index is 12.2. The van der Waals surface area contributed by atoms with Gasteiger partial charge in [-0.25, -0.2) is 19.2 Å². The highest BCUT2D eigenvalue weighted by molar-refractivity contribution is 5.68. The highest BCUT2D eigenvalue weighted by atomic mass is 19.1. The van der Waals surface area contributed by atoms with Gasteiger partial charge in [0.15, 0.2) is 12.4 Å². The van der Waals surface area contributed by atoms with Gasteiger partial charge in [0.25, 0.3) is 0 Å². The molecule has 0 saturated carbocycles. The van der Waals surface area contributed by atoms with E-state index in [1.54, 1.807) is 0 Å². The van der Waals surface area contributed by atoms with Crippen LogP contribution in [0.25, 0.3) is 0 Å². The zero-order valence-corrected chi connectivity index (χ0v) is 5.90. The van der Waals surface area contributed by atoms with Gasteiger partial charge in [-0.05, 0) is 0 Å². The Balaban J connectivity index is 2.53. The summed E-state index contributed by atoms with van der Waals surface area (Å²) in [6, 6.07) is -0.154. The summed E-state index contributed by atoms with van der Waals surface area (Å²) >= 11 is 0. The Hall–Kier alpha value is -1.72. The van der Waals surface area contributed by atoms with Gasteiger partial charge in [-0.1, -0.05) is 0 Å². The lowest BCUT2D eigenvalue weighted by atomic mass is 10.6. The van der Waals surface area contributed by atoms with Gasteiger partial charge in [0.1, 0.15) is 0 Å². The minimum atomic E-state index is -1.14. The number of halogens is 1. The third-order valence-electron chi connectivity index (χ3n) is 0.921. The highest BCUT2D eigenvalue weighted by Gasteiger charge is 2.00. The van der Waals surface area contributed by atoms with Crippen molar-refractivity contribution in [2.75, 3.05) is 6.61 Å². The van der Waals surface area contributed by atoms with Crippen LogP contribution in [-0.2, 0) is 4.79 Å². The Morgan fingerprint density at radius 2 is 2.17 bits per heavy atom. The number of aromatic nitrogens is 2. The Morgan fingerprint density at radius 3 is 2.67 bits per heavy atom. The second kappa shape index (κ2) is 3.61. The van der Waals surface area contributed by atoms with Gasteiger partial charge in [-0.15, -0.1) is 0 Å². The fourth-order valence-electron chi connectivity index (χ4n) is 0.501. The van der Waals surface area contributed by atoms with Gasteiger partial charge in [0, 0.05) is 0 Å². The minimum Gasteiger partial charge on any atom is -0.479 e. The molecule has 0 unspecified atom stereocenters. The van der Waals surface area contributed by atoms with Crippen LogP contribution < -0.4 is 4.74 Å². The Bertz CT molecular complexity index is 275. The second-order valence-corrected chi connectivity index (χ2v) is 1.87. The standard InChI is InChI=1S/C6H5FN2O3/c7-4-1-8-6(9-2-4)12-3-5(10)11/h1-2H,3H2,(H,10,11). The van der Waals surface area contributed by atoms with Crippen molar-refractivity contribution in [3.05, 3.63) is 18.2 Å². The largest absolute Gasteiger partial charge is 0.479 e. The summed E-state index contributed by atoms with van der Waals surface area (Å²) < 4.78 is 16.7. The van der Waals surface area contributed by atoms with Crippen molar-refractivity contribution in [3.8, 4) is 6.01 Å². The van der Waals surface area contributed by atoms with E-state index in [1.165, 1.54) is 0 Å². The quantitative estimate of drug-likeness (QED) is 0.698. The van der Waals surface area contributed by atoms with Gasteiger partial charge in [0.2, 0.25) is 0 Å². The maximum absolute atomic E-state index is 12.2. The first kappa shape index (κ1) is 8.38. The van der Waals surface area contributed by atoms with Crippen molar-refractivity contribution in [1.82, 2.24) is 9.97 Å². The summed E-state index contributed by atoms with van der Waals surface area (Å²) in [6.07, 6.45) is 1.79. The third-order valence-corrected chi connectivity index (χ3v) is 0.921. The fraction of sp³-hybridized carbons (Fsp3) is 0.167. The lowest BCUT2D eigenvalue weighted by Gasteiger charge is -1.98. The molecule has 1 N–H and O–H groups in total. The number of rotatable bonds is 3. The monoisotopic (exact) mass is 172 g/mol. The predicted molar refractivity (Wildman–Crippen MR) is 35.1 cm³/mol. The molecular formula is C6H5FN2O3. The number of carbonyl (C=O) groups is 1. The molecule has 0 amide bonds. The first-order valence-corrected chi connectivity index (χ1v) is 3.00. The number of hydrogen-bond donors (Lipinski definition) is 1. The summed E-state index contributed by atoms with van der Waals surface area (Å²) in [6.45, 7) is -0.536. The van der Waals surface area contributed by atoms with Crippen LogP contribution >= 0.6 is 0 Å². The van der Waals surface area contributed by atoms with E-state index in [0.29, 0.717) is 0 Å². The normalized spacial score (nSPS) is 9.42. The zero-order valence-electron chi connectivity index (χ0n) is 5.90. The van der Waals surface area contributed by atoms with Crippen LogP contribution in [0.1, 0.15) is 0 Å². The van der Waals surface area contributed by atoms with Crippen LogP contribution in [0.5, 0.6) is 6.01 Å². The molecule has 0 bridgehead atoms. The average molecular weight is 172 g/mol. The van der Waals surface area contributed by atoms with E-state index >= 15 is 0 Å². The van der Waals surface area contributed by atoms with E-state index in [1.807, 2.05) is 0 Å². The van der Waals surface area contributed by atoms with Crippen LogP contribution in [0.2, 0.25) is 0 Å². The third kappa shape index (κ3) is 2.49. The molecule has 0 radical (unpaired) electrons. The van der Waals surface area contributed by atoms with Crippen LogP contribution in [0.3, 0.4) is 0 Å². The molecule has 5 nitrogen and oxygen atoms in total. The molecule has 6 heteroatoms. The van der Waals surface area contributed by atoms with Gasteiger partial charge in [0.05, 0.1) is 12.4 Å². The van der Waals surface area contributed by atoms with E-state index in [2.05, 4.69) is 14.7 Å². The molecule has 0 saturated heterocycles. The summed E-state index contributed by atoms with van der Waals surface area (Å²) in [4.78, 5) is 16.7. The van der Waals surface area contributed by atoms with Gasteiger partial charge in [-0.2, -0.15) is 0 Å². The lowest BCUT2D eigenvalue weighted by molar-refractivity contribution is -0.139. The van der Waals surface area contributed by atoms with Crippen LogP contribution in [0.4, 0.5) is 4.39 Å². The summed E-state index contributed by atoms with van der Waals surface area (Å²) in [5.74, 6) is -1.74. The van der Waals surface area contributed by atoms with Crippen molar-refractivity contribution < 1.29 is 19.0 Å². The minimum absolute atomic E-state index is 0.154. The van der Waals surface area contributed by atoms with E-state index in [4.69, 9.17) is 5.11 Å². The van der Waals surface area contributed by atoms with Crippen LogP contribution in [-0.4, -0.2) is 27.7 Å². The molecule has 1 aromatic heterocycles. The van der Waals surface area contributed by atoms with Crippen molar-refractivity contribution in [3.63, 3.8) is 0 Å². The molecular weight excluding hydrogens is 167 g/mol. The van der Waals surface area contributed by atoms with Gasteiger partial charge >= 0.3 is 12.0 Å². The molecule has 1 heterocycles. The number of ether oxygens (including phenoxy) is 1. The zero-order chi connectivity index (χ0) is 8.97. The Kier molecular flexibility index (Phi) is 2.52. The summed E-state index contributed by atoms with van der Waals surface area (Å²) in [5.41, 5.74) is 0. The molecule has 0 atom stereocenters. The molecule has 0 aliphatic carbocycles. The first-order chi connectivity index (χ1) is 5.68. The topological polar surface area (TPSA) is 72.3 Å². The smallest absolute Gasteiger partial charge is 0.341 e. The van der Waals surface area contributed by atoms with E-state index in [-0.39, 0.29) is 6.01 Å². The fourth-order valence-corrected chi connectivity index (χ4v) is 0.501. The molecule has 0 aliphatic heterocycles. The molecule has 12 heavy (non-hydrogen) atoms. The van der Waals surface area contributed by atoms with Gasteiger partial charge < -0.3 is 9.84 Å². The molecule has 1 aromatic rings. The number of carboxylic acid groups (broad SMARTS) is 1. The summed E-state index contributed by atoms with van der Waals surface area (Å²) in [7, 11) is 0. The SMILES string of the molecule is O=C(O)COc1ncc(F)cn1. The number of hydrogen-bond acceptors (Lipinski definition) is 4. The Morgan fingerprint density at radius 1 is 1.58 bits per heavy atom. The van der Waals surface area contributed by atoms with Crippen molar-refractivity contribution in [1.29, 1.82) is 0 Å². The molecule has 64 valence electrons. The molecule has 1 rings (SSSR count). The number of nitrogens with zero attached hydrogens (tertiary/aromatic N) is 2. The molecule has 0 fully saturated rings. The summed E-state index contributed by atoms with van der Waals surface area (Å²) in [5, 5.41) is 8.17. The highest BCUT2D eigenvalue weighted by Crippen LogP contribution is 1.99. The number of carboxylic acids is 1. The van der Waals surface area contributed by atoms with Crippen LogP contribution in [0, 0.1) is 5.82 Å². The van der Waals surface area contributed by atoms with E-state index in [9.17, 15) is 9.18 Å². The van der Waals surface area contributed by atoms with Crippen molar-refractivity contribution >= 4 is 5.97 Å². The lowest BCUT2D eigenvalue weighted by Crippen LogP contribution is -2.11. The molecule has 0 spiro atoms. The van der Waals surface area contributed by atoms with E-state index in [0.717, 1.165) is 12.4 Å². The predicted octanol–water partition coefficient (Wildman–Crippen LogP) is 0.0791. The second-order valence-electron chi connectivity index (χ2n) is 1.87. The van der Waals surface area contributed by atoms with Crippen molar-refractivity contribution in [2.45, 2.75) is 0 Å². The Labute approximate surface area is 66.8 Å². The number of aliphatic carboxylic acids is 1. The molecule has 0 aliphatic rings.